The summed E-state index contributed by atoms with van der Waals surface area (Å²) in [5.41, 5.74) is 0. The average Bonchev–Trinajstić information content (AvgIpc) is 2.57. The van der Waals surface area contributed by atoms with E-state index in [1.54, 1.807) is 6.92 Å². The van der Waals surface area contributed by atoms with Crippen LogP contribution in [0, 0.1) is 0 Å². The maximum atomic E-state index is 11.2. The standard InChI is InChI=1S/C10H14O7/c1-2-3-6(13)16-9-7(14)10(15)17-8(9)5(12)4-11/h5,8,11-12,14H,2-4H2,1H3/t5-,8+/m0/s1. The Bertz CT molecular complexity index is 347. The highest BCUT2D eigenvalue weighted by atomic mass is 16.6. The first-order valence-electron chi connectivity index (χ1n) is 5.15. The van der Waals surface area contributed by atoms with Gasteiger partial charge in [0.15, 0.2) is 6.10 Å². The van der Waals surface area contributed by atoms with Gasteiger partial charge in [-0.05, 0) is 6.42 Å². The van der Waals surface area contributed by atoms with Crippen molar-refractivity contribution >= 4 is 11.9 Å². The number of ether oxygens (including phenoxy) is 2. The smallest absolute Gasteiger partial charge is 0.378 e. The van der Waals surface area contributed by atoms with Gasteiger partial charge in [0.05, 0.1) is 6.61 Å². The Balaban J connectivity index is 2.82. The molecule has 0 bridgehead atoms. The highest BCUT2D eigenvalue weighted by Gasteiger charge is 2.41. The van der Waals surface area contributed by atoms with Crippen LogP contribution >= 0.6 is 0 Å². The molecule has 2 atom stereocenters. The minimum absolute atomic E-state index is 0.104. The van der Waals surface area contributed by atoms with E-state index < -0.39 is 42.3 Å². The van der Waals surface area contributed by atoms with Gasteiger partial charge in [0.2, 0.25) is 11.5 Å². The Labute approximate surface area is 97.3 Å². The summed E-state index contributed by atoms with van der Waals surface area (Å²) in [4.78, 5) is 22.3. The van der Waals surface area contributed by atoms with Crippen LogP contribution < -0.4 is 0 Å². The minimum atomic E-state index is -1.45. The summed E-state index contributed by atoms with van der Waals surface area (Å²) in [7, 11) is 0. The fraction of sp³-hybridized carbons (Fsp3) is 0.600. The summed E-state index contributed by atoms with van der Waals surface area (Å²) in [5.74, 6) is -3.05. The zero-order valence-electron chi connectivity index (χ0n) is 9.25. The van der Waals surface area contributed by atoms with Crippen molar-refractivity contribution < 1.29 is 34.4 Å². The molecule has 7 heteroatoms. The van der Waals surface area contributed by atoms with Crippen LogP contribution in [0.15, 0.2) is 11.5 Å². The predicted octanol–water partition coefficient (Wildman–Crippen LogP) is -0.622. The van der Waals surface area contributed by atoms with E-state index in [4.69, 9.17) is 9.84 Å². The van der Waals surface area contributed by atoms with Crippen molar-refractivity contribution in [1.82, 2.24) is 0 Å². The molecule has 1 rings (SSSR count). The highest BCUT2D eigenvalue weighted by molar-refractivity contribution is 5.90. The Morgan fingerprint density at radius 2 is 2.24 bits per heavy atom. The number of aliphatic hydroxyl groups is 3. The topological polar surface area (TPSA) is 113 Å². The number of carbonyl (C=O) groups excluding carboxylic acids is 2. The van der Waals surface area contributed by atoms with Crippen LogP contribution in [0.3, 0.4) is 0 Å². The van der Waals surface area contributed by atoms with Crippen molar-refractivity contribution in [2.24, 2.45) is 0 Å². The van der Waals surface area contributed by atoms with E-state index >= 15 is 0 Å². The number of rotatable bonds is 5. The second-order valence-electron chi connectivity index (χ2n) is 3.51. The molecule has 0 radical (unpaired) electrons. The second kappa shape index (κ2) is 5.65. The van der Waals surface area contributed by atoms with Gasteiger partial charge in [-0.3, -0.25) is 4.79 Å². The lowest BCUT2D eigenvalue weighted by Crippen LogP contribution is -2.33. The molecule has 7 nitrogen and oxygen atoms in total. The Morgan fingerprint density at radius 1 is 1.59 bits per heavy atom. The molecule has 0 aliphatic carbocycles. The minimum Gasteiger partial charge on any atom is -0.499 e. The van der Waals surface area contributed by atoms with Gasteiger partial charge in [-0.1, -0.05) is 6.92 Å². The number of cyclic esters (lactones) is 1. The molecule has 3 N–H and O–H groups in total. The molecule has 0 fully saturated rings. The quantitative estimate of drug-likeness (QED) is 0.554. The van der Waals surface area contributed by atoms with Crippen molar-refractivity contribution in [2.75, 3.05) is 6.61 Å². The maximum absolute atomic E-state index is 11.2. The molecular weight excluding hydrogens is 232 g/mol. The SMILES string of the molecule is CCCC(=O)OC1=C(O)C(=O)O[C@@H]1[C@@H](O)CO. The van der Waals surface area contributed by atoms with Crippen molar-refractivity contribution in [3.05, 3.63) is 11.5 Å². The molecule has 0 spiro atoms. The van der Waals surface area contributed by atoms with Crippen LogP contribution in [-0.2, 0) is 19.1 Å². The van der Waals surface area contributed by atoms with Gasteiger partial charge in [-0.25, -0.2) is 4.79 Å². The first-order chi connectivity index (χ1) is 8.01. The van der Waals surface area contributed by atoms with E-state index in [1.165, 1.54) is 0 Å². The number of esters is 2. The first-order valence-corrected chi connectivity index (χ1v) is 5.15. The monoisotopic (exact) mass is 246 g/mol. The van der Waals surface area contributed by atoms with Gasteiger partial charge < -0.3 is 24.8 Å². The predicted molar refractivity (Wildman–Crippen MR) is 53.6 cm³/mol. The first kappa shape index (κ1) is 13.5. The van der Waals surface area contributed by atoms with Crippen LogP contribution in [0.2, 0.25) is 0 Å². The molecule has 0 saturated heterocycles. The van der Waals surface area contributed by atoms with Crippen LogP contribution in [0.25, 0.3) is 0 Å². The van der Waals surface area contributed by atoms with E-state index in [-0.39, 0.29) is 6.42 Å². The van der Waals surface area contributed by atoms with Crippen LogP contribution in [0.4, 0.5) is 0 Å². The summed E-state index contributed by atoms with van der Waals surface area (Å²) in [6.45, 7) is 1.06. The number of aliphatic hydroxyl groups excluding tert-OH is 3. The lowest BCUT2D eigenvalue weighted by molar-refractivity contribution is -0.151. The van der Waals surface area contributed by atoms with Gasteiger partial charge in [0.25, 0.3) is 0 Å². The molecule has 0 amide bonds. The normalized spacial score (nSPS) is 21.4. The molecule has 17 heavy (non-hydrogen) atoms. The summed E-state index contributed by atoms with van der Waals surface area (Å²) in [5, 5.41) is 27.4. The summed E-state index contributed by atoms with van der Waals surface area (Å²) in [6, 6.07) is 0. The number of hydrogen-bond donors (Lipinski definition) is 3. The van der Waals surface area contributed by atoms with Gasteiger partial charge in [0.1, 0.15) is 6.10 Å². The van der Waals surface area contributed by atoms with Gasteiger partial charge in [-0.2, -0.15) is 0 Å². The third-order valence-electron chi connectivity index (χ3n) is 2.13. The lowest BCUT2D eigenvalue weighted by Gasteiger charge is -2.17. The Kier molecular flexibility index (Phi) is 4.47. The van der Waals surface area contributed by atoms with Gasteiger partial charge >= 0.3 is 11.9 Å². The van der Waals surface area contributed by atoms with E-state index in [2.05, 4.69) is 4.74 Å². The zero-order chi connectivity index (χ0) is 13.0. The Morgan fingerprint density at radius 3 is 2.76 bits per heavy atom. The second-order valence-corrected chi connectivity index (χ2v) is 3.51. The molecule has 1 aliphatic rings. The molecule has 0 aromatic rings. The van der Waals surface area contributed by atoms with Crippen LogP contribution in [0.1, 0.15) is 19.8 Å². The molecule has 0 saturated carbocycles. The Hall–Kier alpha value is -1.60. The maximum Gasteiger partial charge on any atom is 0.378 e. The average molecular weight is 246 g/mol. The number of hydrogen-bond acceptors (Lipinski definition) is 7. The molecule has 1 aliphatic heterocycles. The van der Waals surface area contributed by atoms with Crippen molar-refractivity contribution in [1.29, 1.82) is 0 Å². The lowest BCUT2D eigenvalue weighted by atomic mass is 10.2. The molecular formula is C10H14O7. The molecule has 96 valence electrons. The van der Waals surface area contributed by atoms with Crippen LogP contribution in [0.5, 0.6) is 0 Å². The largest absolute Gasteiger partial charge is 0.499 e. The molecule has 0 aromatic carbocycles. The van der Waals surface area contributed by atoms with Gasteiger partial charge in [-0.15, -0.1) is 0 Å². The van der Waals surface area contributed by atoms with Crippen molar-refractivity contribution in [2.45, 2.75) is 32.0 Å². The summed E-state index contributed by atoms with van der Waals surface area (Å²) in [6.07, 6.45) is -2.16. The fourth-order valence-corrected chi connectivity index (χ4v) is 1.29. The summed E-state index contributed by atoms with van der Waals surface area (Å²) < 4.78 is 9.31. The van der Waals surface area contributed by atoms with E-state index in [9.17, 15) is 19.8 Å². The molecule has 0 aromatic heterocycles. The van der Waals surface area contributed by atoms with E-state index in [0.717, 1.165) is 0 Å². The number of carbonyl (C=O) groups is 2. The zero-order valence-corrected chi connectivity index (χ0v) is 9.25. The van der Waals surface area contributed by atoms with E-state index in [1.807, 2.05) is 0 Å². The van der Waals surface area contributed by atoms with Crippen LogP contribution in [-0.4, -0.2) is 46.1 Å². The fourth-order valence-electron chi connectivity index (χ4n) is 1.29. The third kappa shape index (κ3) is 2.95. The van der Waals surface area contributed by atoms with Gasteiger partial charge in [0, 0.05) is 6.42 Å². The molecule has 1 heterocycles. The molecule has 0 unspecified atom stereocenters. The third-order valence-corrected chi connectivity index (χ3v) is 2.13. The summed E-state index contributed by atoms with van der Waals surface area (Å²) >= 11 is 0. The van der Waals surface area contributed by atoms with Crippen molar-refractivity contribution in [3.8, 4) is 0 Å². The van der Waals surface area contributed by atoms with Crippen molar-refractivity contribution in [3.63, 3.8) is 0 Å². The highest BCUT2D eigenvalue weighted by Crippen LogP contribution is 2.25. The van der Waals surface area contributed by atoms with E-state index in [0.29, 0.717) is 6.42 Å².